The van der Waals surface area contributed by atoms with Gasteiger partial charge in [0.25, 0.3) is 11.5 Å². The van der Waals surface area contributed by atoms with Gasteiger partial charge in [0.2, 0.25) is 0 Å². The van der Waals surface area contributed by atoms with Crippen LogP contribution in [0, 0.1) is 5.82 Å². The van der Waals surface area contributed by atoms with E-state index in [0.717, 1.165) is 6.20 Å². The fourth-order valence-corrected chi connectivity index (χ4v) is 3.63. The molecule has 1 aliphatic rings. The van der Waals surface area contributed by atoms with Crippen molar-refractivity contribution in [2.45, 2.75) is 13.0 Å². The number of hydrogen-bond donors (Lipinski definition) is 0. The predicted molar refractivity (Wildman–Crippen MR) is 101 cm³/mol. The van der Waals surface area contributed by atoms with E-state index < -0.39 is 5.82 Å². The van der Waals surface area contributed by atoms with Crippen molar-refractivity contribution in [2.75, 3.05) is 13.7 Å². The van der Waals surface area contributed by atoms with Gasteiger partial charge in [-0.2, -0.15) is 0 Å². The van der Waals surface area contributed by atoms with Crippen LogP contribution in [0.15, 0.2) is 45.8 Å². The molecule has 8 heteroatoms. The largest absolute Gasteiger partial charge is 0.497 e. The van der Waals surface area contributed by atoms with E-state index in [-0.39, 0.29) is 18.0 Å². The summed E-state index contributed by atoms with van der Waals surface area (Å²) in [7, 11) is 1.53. The Morgan fingerprint density at radius 3 is 2.89 bits per heavy atom. The van der Waals surface area contributed by atoms with Crippen LogP contribution in [0.4, 0.5) is 4.39 Å². The quantitative estimate of drug-likeness (QED) is 0.625. The fraction of sp³-hybridized carbons (Fsp3) is 0.211. The Kier molecular flexibility index (Phi) is 4.43. The number of pyridine rings is 1. The van der Waals surface area contributed by atoms with Gasteiger partial charge in [-0.15, -0.1) is 0 Å². The summed E-state index contributed by atoms with van der Waals surface area (Å²) in [5.41, 5.74) is 1.57. The molecule has 27 heavy (non-hydrogen) atoms. The lowest BCUT2D eigenvalue weighted by Crippen LogP contribution is -2.40. The van der Waals surface area contributed by atoms with Crippen LogP contribution in [-0.2, 0) is 13.0 Å². The summed E-state index contributed by atoms with van der Waals surface area (Å²) in [5, 5.41) is 0. The van der Waals surface area contributed by atoms with E-state index in [9.17, 15) is 14.0 Å². The third-order valence-electron chi connectivity index (χ3n) is 4.62. The van der Waals surface area contributed by atoms with Crippen molar-refractivity contribution in [3.8, 4) is 5.75 Å². The van der Waals surface area contributed by atoms with Crippen LogP contribution >= 0.6 is 15.9 Å². The van der Waals surface area contributed by atoms with Crippen LogP contribution in [0.1, 0.15) is 21.6 Å². The van der Waals surface area contributed by atoms with Gasteiger partial charge in [0.1, 0.15) is 17.2 Å². The second kappa shape index (κ2) is 6.77. The highest BCUT2D eigenvalue weighted by Crippen LogP contribution is 2.26. The van der Waals surface area contributed by atoms with E-state index in [0.29, 0.717) is 45.7 Å². The monoisotopic (exact) mass is 431 g/mol. The zero-order valence-electron chi connectivity index (χ0n) is 14.4. The molecule has 3 aromatic rings. The van der Waals surface area contributed by atoms with Crippen molar-refractivity contribution in [2.24, 2.45) is 0 Å². The Labute approximate surface area is 162 Å². The van der Waals surface area contributed by atoms with Crippen LogP contribution in [0.25, 0.3) is 5.65 Å². The zero-order chi connectivity index (χ0) is 19.1. The van der Waals surface area contributed by atoms with E-state index in [1.165, 1.54) is 23.6 Å². The predicted octanol–water partition coefficient (Wildman–Crippen LogP) is 2.80. The zero-order valence-corrected chi connectivity index (χ0v) is 16.0. The maximum atomic E-state index is 13.5. The fourth-order valence-electron chi connectivity index (χ4n) is 3.21. The minimum absolute atomic E-state index is 0.128. The molecule has 0 N–H and O–H groups in total. The molecule has 1 aliphatic heterocycles. The third-order valence-corrected chi connectivity index (χ3v) is 5.32. The molecule has 2 aromatic heterocycles. The van der Waals surface area contributed by atoms with Gasteiger partial charge in [-0.25, -0.2) is 9.37 Å². The molecule has 0 unspecified atom stereocenters. The Bertz CT molecular complexity index is 1130. The lowest BCUT2D eigenvalue weighted by molar-refractivity contribution is 0.0731. The van der Waals surface area contributed by atoms with Crippen molar-refractivity contribution in [3.63, 3.8) is 0 Å². The van der Waals surface area contributed by atoms with Gasteiger partial charge < -0.3 is 9.64 Å². The first-order valence-corrected chi connectivity index (χ1v) is 9.09. The highest BCUT2D eigenvalue weighted by Gasteiger charge is 2.27. The second-order valence-electron chi connectivity index (χ2n) is 6.24. The molecule has 138 valence electrons. The van der Waals surface area contributed by atoms with Crippen molar-refractivity contribution >= 4 is 27.5 Å². The number of halogens is 2. The number of ether oxygens (including phenoxy) is 1. The number of fused-ring (bicyclic) bond motifs is 2. The number of rotatable bonds is 2. The third kappa shape index (κ3) is 3.10. The molecule has 0 aliphatic carbocycles. The van der Waals surface area contributed by atoms with Gasteiger partial charge in [-0.05, 0) is 46.3 Å². The lowest BCUT2D eigenvalue weighted by atomic mass is 10.1. The first-order valence-electron chi connectivity index (χ1n) is 8.30. The summed E-state index contributed by atoms with van der Waals surface area (Å²) in [6, 6.07) is 7.90. The molecule has 1 aromatic carbocycles. The SMILES string of the molecule is COc1ccc(Br)c(C(=O)N2CCc3nc4ccc(F)cn4c(=O)c3C2)c1. The minimum atomic E-state index is -0.518. The first kappa shape index (κ1) is 17.7. The van der Waals surface area contributed by atoms with E-state index in [1.807, 2.05) is 0 Å². The summed E-state index contributed by atoms with van der Waals surface area (Å²) in [6.45, 7) is 0.572. The Morgan fingerprint density at radius 1 is 1.30 bits per heavy atom. The number of benzene rings is 1. The van der Waals surface area contributed by atoms with Crippen molar-refractivity contribution in [1.29, 1.82) is 0 Å². The van der Waals surface area contributed by atoms with Crippen LogP contribution in [0.5, 0.6) is 5.75 Å². The number of methoxy groups -OCH3 is 1. The highest BCUT2D eigenvalue weighted by atomic mass is 79.9. The van der Waals surface area contributed by atoms with Crippen molar-refractivity contribution in [1.82, 2.24) is 14.3 Å². The number of aromatic nitrogens is 2. The molecule has 0 atom stereocenters. The summed E-state index contributed by atoms with van der Waals surface area (Å²) in [5.74, 6) is -0.160. The van der Waals surface area contributed by atoms with E-state index in [4.69, 9.17) is 4.74 Å². The normalized spacial score (nSPS) is 13.5. The van der Waals surface area contributed by atoms with Crippen molar-refractivity contribution in [3.05, 3.63) is 74.0 Å². The summed E-state index contributed by atoms with van der Waals surface area (Å²) < 4.78 is 20.5. The molecular weight excluding hydrogens is 417 g/mol. The average molecular weight is 432 g/mol. The lowest BCUT2D eigenvalue weighted by Gasteiger charge is -2.28. The number of nitrogens with zero attached hydrogens (tertiary/aromatic N) is 3. The maximum Gasteiger partial charge on any atom is 0.263 e. The second-order valence-corrected chi connectivity index (χ2v) is 7.09. The minimum Gasteiger partial charge on any atom is -0.497 e. The Morgan fingerprint density at radius 2 is 2.11 bits per heavy atom. The molecule has 0 saturated heterocycles. The first-order chi connectivity index (χ1) is 13.0. The molecule has 3 heterocycles. The smallest absolute Gasteiger partial charge is 0.263 e. The molecule has 0 fully saturated rings. The summed E-state index contributed by atoms with van der Waals surface area (Å²) in [6.07, 6.45) is 1.58. The van der Waals surface area contributed by atoms with Crippen LogP contribution in [-0.4, -0.2) is 33.8 Å². The van der Waals surface area contributed by atoms with Gasteiger partial charge in [0.05, 0.1) is 30.5 Å². The molecule has 0 radical (unpaired) electrons. The number of carbonyl (C=O) groups is 1. The van der Waals surface area contributed by atoms with Crippen LogP contribution in [0.3, 0.4) is 0 Å². The molecule has 4 rings (SSSR count). The maximum absolute atomic E-state index is 13.5. The summed E-state index contributed by atoms with van der Waals surface area (Å²) in [4.78, 5) is 31.8. The molecule has 6 nitrogen and oxygen atoms in total. The van der Waals surface area contributed by atoms with Gasteiger partial charge in [-0.3, -0.25) is 14.0 Å². The highest BCUT2D eigenvalue weighted by molar-refractivity contribution is 9.10. The van der Waals surface area contributed by atoms with Gasteiger partial charge in [0, 0.05) is 23.6 Å². The number of carbonyl (C=O) groups excluding carboxylic acids is 1. The van der Waals surface area contributed by atoms with Crippen LogP contribution in [0.2, 0.25) is 0 Å². The summed E-state index contributed by atoms with van der Waals surface area (Å²) >= 11 is 3.39. The molecule has 0 saturated carbocycles. The number of amides is 1. The van der Waals surface area contributed by atoms with E-state index in [1.54, 1.807) is 23.1 Å². The van der Waals surface area contributed by atoms with Gasteiger partial charge in [-0.1, -0.05) is 0 Å². The molecule has 0 spiro atoms. The Balaban J connectivity index is 1.72. The molecule has 0 bridgehead atoms. The molecular formula is C19H15BrFN3O3. The van der Waals surface area contributed by atoms with Gasteiger partial charge >= 0.3 is 0 Å². The van der Waals surface area contributed by atoms with E-state index in [2.05, 4.69) is 20.9 Å². The van der Waals surface area contributed by atoms with Gasteiger partial charge in [0.15, 0.2) is 0 Å². The van der Waals surface area contributed by atoms with Crippen LogP contribution < -0.4 is 10.3 Å². The standard InChI is InChI=1S/C19H15BrFN3O3/c1-27-12-3-4-15(20)13(8-12)18(25)23-7-6-16-14(10-23)19(26)24-9-11(21)2-5-17(24)22-16/h2-5,8-9H,6-7,10H2,1H3. The average Bonchev–Trinajstić information content (AvgIpc) is 2.68. The topological polar surface area (TPSA) is 63.9 Å². The Hall–Kier alpha value is -2.74. The van der Waals surface area contributed by atoms with E-state index >= 15 is 0 Å². The van der Waals surface area contributed by atoms with Crippen molar-refractivity contribution < 1.29 is 13.9 Å². The molecule has 1 amide bonds. The number of hydrogen-bond acceptors (Lipinski definition) is 4.